The van der Waals surface area contributed by atoms with Crippen molar-refractivity contribution in [2.45, 2.75) is 19.4 Å². The lowest BCUT2D eigenvalue weighted by atomic mass is 10.0. The van der Waals surface area contributed by atoms with E-state index in [4.69, 9.17) is 10.5 Å². The van der Waals surface area contributed by atoms with E-state index in [0.29, 0.717) is 30.2 Å². The van der Waals surface area contributed by atoms with Crippen LogP contribution in [-0.2, 0) is 13.0 Å². The summed E-state index contributed by atoms with van der Waals surface area (Å²) in [6, 6.07) is 20.8. The molecule has 126 valence electrons. The topological polar surface area (TPSA) is 65.2 Å². The van der Waals surface area contributed by atoms with Gasteiger partial charge < -0.3 is 10.5 Å². The second-order valence-electron chi connectivity index (χ2n) is 5.74. The number of carbonyl (C=O) groups excluding carboxylic acids is 1. The fourth-order valence-corrected chi connectivity index (χ4v) is 2.51. The molecule has 0 aliphatic heterocycles. The number of benzene rings is 2. The molecule has 0 fully saturated rings. The third-order valence-corrected chi connectivity index (χ3v) is 3.92. The molecule has 0 amide bonds. The van der Waals surface area contributed by atoms with E-state index >= 15 is 0 Å². The van der Waals surface area contributed by atoms with E-state index in [-0.39, 0.29) is 5.78 Å². The number of nitrogens with zero attached hydrogens (tertiary/aromatic N) is 1. The summed E-state index contributed by atoms with van der Waals surface area (Å²) in [7, 11) is 0. The van der Waals surface area contributed by atoms with E-state index < -0.39 is 0 Å². The number of ketones is 1. The standard InChI is InChI=1S/C21H20N2O2/c22-15-17-12-13-23-21(14-17)25-19-9-7-18(8-10-19)20(24)11-6-16-4-2-1-3-5-16/h1-5,7-10,12-14H,6,11,15,22H2. The van der Waals surface area contributed by atoms with E-state index in [1.165, 1.54) is 5.56 Å². The molecular weight excluding hydrogens is 312 g/mol. The van der Waals surface area contributed by atoms with Crippen LogP contribution in [-0.4, -0.2) is 10.8 Å². The first-order chi connectivity index (χ1) is 12.2. The molecule has 0 bridgehead atoms. The van der Waals surface area contributed by atoms with Crippen molar-refractivity contribution >= 4 is 5.78 Å². The smallest absolute Gasteiger partial charge is 0.219 e. The zero-order valence-electron chi connectivity index (χ0n) is 13.9. The molecule has 0 atom stereocenters. The second kappa shape index (κ2) is 8.22. The van der Waals surface area contributed by atoms with Gasteiger partial charge in [-0.2, -0.15) is 0 Å². The molecule has 0 radical (unpaired) electrons. The van der Waals surface area contributed by atoms with Crippen LogP contribution in [0.2, 0.25) is 0 Å². The summed E-state index contributed by atoms with van der Waals surface area (Å²) < 4.78 is 5.71. The number of pyridine rings is 1. The van der Waals surface area contributed by atoms with Crippen molar-refractivity contribution in [3.63, 3.8) is 0 Å². The highest BCUT2D eigenvalue weighted by molar-refractivity contribution is 5.96. The van der Waals surface area contributed by atoms with Gasteiger partial charge in [-0.3, -0.25) is 4.79 Å². The number of hydrogen-bond donors (Lipinski definition) is 1. The lowest BCUT2D eigenvalue weighted by Gasteiger charge is -2.07. The quantitative estimate of drug-likeness (QED) is 0.660. The van der Waals surface area contributed by atoms with Crippen LogP contribution in [0.25, 0.3) is 0 Å². The van der Waals surface area contributed by atoms with Crippen molar-refractivity contribution in [1.29, 1.82) is 0 Å². The molecule has 1 heterocycles. The molecule has 0 aliphatic carbocycles. The van der Waals surface area contributed by atoms with Gasteiger partial charge >= 0.3 is 0 Å². The Morgan fingerprint density at radius 2 is 1.72 bits per heavy atom. The Morgan fingerprint density at radius 3 is 2.44 bits per heavy atom. The third-order valence-electron chi connectivity index (χ3n) is 3.92. The summed E-state index contributed by atoms with van der Waals surface area (Å²) in [6.07, 6.45) is 2.90. The van der Waals surface area contributed by atoms with Crippen LogP contribution < -0.4 is 10.5 Å². The predicted molar refractivity (Wildman–Crippen MR) is 97.7 cm³/mol. The first-order valence-corrected chi connectivity index (χ1v) is 8.24. The highest BCUT2D eigenvalue weighted by atomic mass is 16.5. The van der Waals surface area contributed by atoms with Crippen molar-refractivity contribution in [1.82, 2.24) is 4.98 Å². The van der Waals surface area contributed by atoms with Gasteiger partial charge in [0.25, 0.3) is 0 Å². The molecule has 2 aromatic carbocycles. The van der Waals surface area contributed by atoms with E-state index in [0.717, 1.165) is 12.0 Å². The summed E-state index contributed by atoms with van der Waals surface area (Å²) in [4.78, 5) is 16.5. The minimum atomic E-state index is 0.124. The second-order valence-corrected chi connectivity index (χ2v) is 5.74. The fraction of sp³-hybridized carbons (Fsp3) is 0.143. The van der Waals surface area contributed by atoms with Crippen LogP contribution in [0, 0.1) is 0 Å². The average Bonchev–Trinajstić information content (AvgIpc) is 2.67. The molecule has 0 saturated heterocycles. The Labute approximate surface area is 147 Å². The number of rotatable bonds is 7. The lowest BCUT2D eigenvalue weighted by molar-refractivity contribution is 0.0983. The van der Waals surface area contributed by atoms with Gasteiger partial charge in [-0.25, -0.2) is 4.98 Å². The zero-order valence-corrected chi connectivity index (χ0v) is 13.9. The minimum absolute atomic E-state index is 0.124. The van der Waals surface area contributed by atoms with Gasteiger partial charge in [-0.05, 0) is 47.9 Å². The van der Waals surface area contributed by atoms with Crippen LogP contribution >= 0.6 is 0 Å². The number of ether oxygens (including phenoxy) is 1. The summed E-state index contributed by atoms with van der Waals surface area (Å²) in [5, 5.41) is 0. The first-order valence-electron chi connectivity index (χ1n) is 8.24. The van der Waals surface area contributed by atoms with Gasteiger partial charge in [-0.15, -0.1) is 0 Å². The molecule has 0 saturated carbocycles. The predicted octanol–water partition coefficient (Wildman–Crippen LogP) is 4.15. The zero-order chi connectivity index (χ0) is 17.5. The van der Waals surface area contributed by atoms with E-state index in [9.17, 15) is 4.79 Å². The molecule has 4 heteroatoms. The van der Waals surface area contributed by atoms with Gasteiger partial charge in [0.2, 0.25) is 5.88 Å². The van der Waals surface area contributed by atoms with Gasteiger partial charge in [-0.1, -0.05) is 30.3 Å². The third kappa shape index (κ3) is 4.75. The monoisotopic (exact) mass is 332 g/mol. The highest BCUT2D eigenvalue weighted by Crippen LogP contribution is 2.21. The van der Waals surface area contributed by atoms with Crippen LogP contribution in [0.4, 0.5) is 0 Å². The van der Waals surface area contributed by atoms with Gasteiger partial charge in [0.05, 0.1) is 0 Å². The Morgan fingerprint density at radius 1 is 0.960 bits per heavy atom. The van der Waals surface area contributed by atoms with E-state index in [2.05, 4.69) is 4.98 Å². The number of Topliss-reactive ketones (excluding diaryl/α,β-unsaturated/α-hetero) is 1. The Balaban J connectivity index is 1.60. The van der Waals surface area contributed by atoms with Crippen molar-refractivity contribution < 1.29 is 9.53 Å². The molecule has 0 aliphatic rings. The van der Waals surface area contributed by atoms with Crippen molar-refractivity contribution in [2.24, 2.45) is 5.73 Å². The molecule has 0 unspecified atom stereocenters. The summed E-state index contributed by atoms with van der Waals surface area (Å²) >= 11 is 0. The fourth-order valence-electron chi connectivity index (χ4n) is 2.51. The lowest BCUT2D eigenvalue weighted by Crippen LogP contribution is -2.01. The Hall–Kier alpha value is -2.98. The van der Waals surface area contributed by atoms with Crippen LogP contribution in [0.5, 0.6) is 11.6 Å². The number of carbonyl (C=O) groups is 1. The van der Waals surface area contributed by atoms with Crippen molar-refractivity contribution in [2.75, 3.05) is 0 Å². The SMILES string of the molecule is NCc1ccnc(Oc2ccc(C(=O)CCc3ccccc3)cc2)c1. The Kier molecular flexibility index (Phi) is 5.54. The molecular formula is C21H20N2O2. The molecule has 0 spiro atoms. The molecule has 25 heavy (non-hydrogen) atoms. The van der Waals surface area contributed by atoms with Crippen LogP contribution in [0.1, 0.15) is 27.9 Å². The molecule has 4 nitrogen and oxygen atoms in total. The minimum Gasteiger partial charge on any atom is -0.439 e. The molecule has 3 aromatic rings. The average molecular weight is 332 g/mol. The van der Waals surface area contributed by atoms with Crippen molar-refractivity contribution in [3.05, 3.63) is 89.6 Å². The normalized spacial score (nSPS) is 10.4. The van der Waals surface area contributed by atoms with Crippen molar-refractivity contribution in [3.8, 4) is 11.6 Å². The summed E-state index contributed by atoms with van der Waals surface area (Å²) in [5.74, 6) is 1.26. The number of nitrogens with two attached hydrogens (primary N) is 1. The van der Waals surface area contributed by atoms with Gasteiger partial charge in [0, 0.05) is 30.8 Å². The summed E-state index contributed by atoms with van der Waals surface area (Å²) in [5.41, 5.74) is 8.43. The molecule has 2 N–H and O–H groups in total. The highest BCUT2D eigenvalue weighted by Gasteiger charge is 2.07. The number of aromatic nitrogens is 1. The first kappa shape index (κ1) is 16.9. The van der Waals surface area contributed by atoms with E-state index in [1.54, 1.807) is 36.5 Å². The van der Waals surface area contributed by atoms with Crippen LogP contribution in [0.3, 0.4) is 0 Å². The van der Waals surface area contributed by atoms with Gasteiger partial charge in [0.1, 0.15) is 5.75 Å². The number of aryl methyl sites for hydroxylation is 1. The molecule has 3 rings (SSSR count). The number of hydrogen-bond acceptors (Lipinski definition) is 4. The van der Waals surface area contributed by atoms with E-state index in [1.807, 2.05) is 36.4 Å². The maximum absolute atomic E-state index is 12.3. The Bertz CT molecular complexity index is 830. The largest absolute Gasteiger partial charge is 0.439 e. The summed E-state index contributed by atoms with van der Waals surface area (Å²) in [6.45, 7) is 0.438. The van der Waals surface area contributed by atoms with Crippen LogP contribution in [0.15, 0.2) is 72.9 Å². The maximum Gasteiger partial charge on any atom is 0.219 e. The molecule has 1 aromatic heterocycles. The maximum atomic E-state index is 12.3. The van der Waals surface area contributed by atoms with Gasteiger partial charge in [0.15, 0.2) is 5.78 Å².